The topological polar surface area (TPSA) is 191 Å². The predicted molar refractivity (Wildman–Crippen MR) is 176 cm³/mol. The molecule has 1 saturated heterocycles. The summed E-state index contributed by atoms with van der Waals surface area (Å²) in [7, 11) is 3.05. The summed E-state index contributed by atoms with van der Waals surface area (Å²) >= 11 is 0. The molecule has 2 aromatic rings. The Morgan fingerprint density at radius 1 is 1.06 bits per heavy atom. The number of nitrogens with zero attached hydrogens (tertiary/aromatic N) is 2. The number of hydrogen-bond acceptors (Lipinski definition) is 12. The molecule has 2 heterocycles. The maximum Gasteiger partial charge on any atom is 0.330 e. The molecule has 2 atom stereocenters. The summed E-state index contributed by atoms with van der Waals surface area (Å²) < 4.78 is 21.8. The first-order chi connectivity index (χ1) is 23.3. The normalized spacial score (nSPS) is 15.2. The number of ketones is 1. The summed E-state index contributed by atoms with van der Waals surface area (Å²) in [6.07, 6.45) is 0.220. The Morgan fingerprint density at radius 2 is 1.80 bits per heavy atom. The van der Waals surface area contributed by atoms with Gasteiger partial charge in [-0.15, -0.1) is 0 Å². The van der Waals surface area contributed by atoms with Crippen molar-refractivity contribution in [3.63, 3.8) is 0 Å². The minimum atomic E-state index is -1.63. The van der Waals surface area contributed by atoms with Crippen LogP contribution in [-0.2, 0) is 39.9 Å². The molecule has 14 nitrogen and oxygen atoms in total. The number of amides is 2. The van der Waals surface area contributed by atoms with Gasteiger partial charge in [-0.1, -0.05) is 18.7 Å². The van der Waals surface area contributed by atoms with Gasteiger partial charge in [-0.05, 0) is 75.8 Å². The number of aromatic nitrogens is 1. The number of anilines is 1. The van der Waals surface area contributed by atoms with Gasteiger partial charge in [-0.3, -0.25) is 14.4 Å². The smallest absolute Gasteiger partial charge is 0.330 e. The fraction of sp³-hybridized carbons (Fsp3) is 0.486. The zero-order chi connectivity index (χ0) is 36.1. The van der Waals surface area contributed by atoms with Crippen LogP contribution in [0.2, 0.25) is 0 Å². The number of likely N-dealkylation sites (tertiary alicyclic amines) is 1. The number of aliphatic hydroxyl groups excluding tert-OH is 1. The monoisotopic (exact) mass is 683 g/mol. The molecule has 0 aliphatic carbocycles. The van der Waals surface area contributed by atoms with Crippen LogP contribution in [0.5, 0.6) is 11.5 Å². The van der Waals surface area contributed by atoms with Crippen LogP contribution in [0.3, 0.4) is 0 Å². The fourth-order valence-electron chi connectivity index (χ4n) is 5.20. The average Bonchev–Trinajstić information content (AvgIpc) is 3.10. The van der Waals surface area contributed by atoms with Gasteiger partial charge in [-0.2, -0.15) is 0 Å². The first-order valence-electron chi connectivity index (χ1n) is 16.0. The van der Waals surface area contributed by atoms with E-state index >= 15 is 0 Å². The van der Waals surface area contributed by atoms with E-state index in [1.165, 1.54) is 33.0 Å². The van der Waals surface area contributed by atoms with Crippen molar-refractivity contribution in [1.82, 2.24) is 9.88 Å². The number of hydrogen-bond donors (Lipinski definition) is 3. The van der Waals surface area contributed by atoms with E-state index in [1.54, 1.807) is 30.3 Å². The molecule has 266 valence electrons. The van der Waals surface area contributed by atoms with Crippen LogP contribution in [0.1, 0.15) is 69.7 Å². The largest absolute Gasteiger partial charge is 0.493 e. The van der Waals surface area contributed by atoms with E-state index in [1.807, 2.05) is 6.07 Å². The molecule has 3 N–H and O–H groups in total. The third-order valence-electron chi connectivity index (χ3n) is 7.99. The first-order valence-corrected chi connectivity index (χ1v) is 16.0. The Hall–Kier alpha value is -4.82. The standard InChI is InChI=1S/C35H45N3O11/c1-6-31(42)48-21-35(2,3)32(43)33(44)38-19-8-7-11-24(38)34(45)49-25(15-13-22-14-16-26(46-4)27(20-22)47-5)23-10-9-12-28(36-23)37-29(39)17-18-30(40)41/h6,9-10,12,14,16,20,24-25,30,40-41H,1,7-8,11,13,15,17-19,21H2,2-5H3,(H,36,37,39)/t24-,25+/m0/s1. The van der Waals surface area contributed by atoms with Crippen LogP contribution in [0, 0.1) is 5.41 Å². The first kappa shape index (κ1) is 38.6. The molecule has 0 spiro atoms. The lowest BCUT2D eigenvalue weighted by molar-refractivity contribution is -0.165. The number of carbonyl (C=O) groups is 5. The number of aryl methyl sites for hydroxylation is 1. The number of aliphatic hydroxyl groups is 2. The molecule has 1 fully saturated rings. The molecule has 3 rings (SSSR count). The van der Waals surface area contributed by atoms with E-state index in [2.05, 4.69) is 16.9 Å². The molecule has 0 radical (unpaired) electrons. The van der Waals surface area contributed by atoms with Crippen LogP contribution in [0.25, 0.3) is 0 Å². The molecule has 0 unspecified atom stereocenters. The molecule has 1 aromatic heterocycles. The van der Waals surface area contributed by atoms with Crippen molar-refractivity contribution in [2.75, 3.05) is 32.7 Å². The van der Waals surface area contributed by atoms with Gasteiger partial charge in [0, 0.05) is 25.5 Å². The van der Waals surface area contributed by atoms with Crippen molar-refractivity contribution in [2.24, 2.45) is 5.41 Å². The number of methoxy groups -OCH3 is 2. The number of Topliss-reactive ketones (excluding diaryl/α,β-unsaturated/α-hetero) is 1. The minimum Gasteiger partial charge on any atom is -0.493 e. The Balaban J connectivity index is 1.86. The number of pyridine rings is 1. The van der Waals surface area contributed by atoms with Gasteiger partial charge in [0.15, 0.2) is 17.8 Å². The van der Waals surface area contributed by atoms with Crippen molar-refractivity contribution in [3.05, 3.63) is 60.3 Å². The van der Waals surface area contributed by atoms with Crippen LogP contribution < -0.4 is 14.8 Å². The SMILES string of the molecule is C=CC(=O)OCC(C)(C)C(=O)C(=O)N1CCCC[C@H]1C(=O)O[C@H](CCc1ccc(OC)c(OC)c1)c1cccc(NC(=O)CCC(O)O)n1. The van der Waals surface area contributed by atoms with Crippen molar-refractivity contribution in [3.8, 4) is 11.5 Å². The quantitative estimate of drug-likeness (QED) is 0.0958. The van der Waals surface area contributed by atoms with Crippen LogP contribution in [0.4, 0.5) is 5.82 Å². The molecular formula is C35H45N3O11. The van der Waals surface area contributed by atoms with Crippen LogP contribution in [-0.4, -0.2) is 89.3 Å². The van der Waals surface area contributed by atoms with E-state index in [4.69, 9.17) is 29.2 Å². The lowest BCUT2D eigenvalue weighted by atomic mass is 9.87. The molecule has 2 amide bonds. The van der Waals surface area contributed by atoms with E-state index in [0.717, 1.165) is 11.6 Å². The minimum absolute atomic E-state index is 0.154. The summed E-state index contributed by atoms with van der Waals surface area (Å²) in [6, 6.07) is 9.18. The van der Waals surface area contributed by atoms with Crippen molar-refractivity contribution >= 4 is 35.4 Å². The third kappa shape index (κ3) is 11.1. The van der Waals surface area contributed by atoms with Gasteiger partial charge in [-0.25, -0.2) is 14.6 Å². The Kier molecular flexibility index (Phi) is 14.3. The number of esters is 2. The lowest BCUT2D eigenvalue weighted by Crippen LogP contribution is -2.53. The van der Waals surface area contributed by atoms with Gasteiger partial charge >= 0.3 is 11.9 Å². The second kappa shape index (κ2) is 18.1. The Labute approximate surface area is 285 Å². The third-order valence-corrected chi connectivity index (χ3v) is 7.99. The molecule has 0 saturated carbocycles. The fourth-order valence-corrected chi connectivity index (χ4v) is 5.20. The number of rotatable bonds is 17. The summed E-state index contributed by atoms with van der Waals surface area (Å²) in [5.74, 6) is -2.39. The van der Waals surface area contributed by atoms with Gasteiger partial charge in [0.1, 0.15) is 24.6 Å². The number of ether oxygens (including phenoxy) is 4. The van der Waals surface area contributed by atoms with Crippen molar-refractivity contribution in [1.29, 1.82) is 0 Å². The zero-order valence-corrected chi connectivity index (χ0v) is 28.3. The lowest BCUT2D eigenvalue weighted by Gasteiger charge is -2.36. The summed E-state index contributed by atoms with van der Waals surface area (Å²) in [6.45, 7) is 6.10. The molecule has 1 aromatic carbocycles. The highest BCUT2D eigenvalue weighted by Gasteiger charge is 2.42. The molecule has 1 aliphatic rings. The van der Waals surface area contributed by atoms with Crippen molar-refractivity contribution < 1.29 is 53.1 Å². The maximum absolute atomic E-state index is 13.8. The number of carbonyl (C=O) groups excluding carboxylic acids is 5. The van der Waals surface area contributed by atoms with Gasteiger partial charge < -0.3 is 39.4 Å². The summed E-state index contributed by atoms with van der Waals surface area (Å²) in [4.78, 5) is 70.3. The maximum atomic E-state index is 13.8. The number of benzene rings is 1. The van der Waals surface area contributed by atoms with Crippen molar-refractivity contribution in [2.45, 2.75) is 77.2 Å². The second-order valence-electron chi connectivity index (χ2n) is 12.2. The Bertz CT molecular complexity index is 1510. The number of piperidine rings is 1. The van der Waals surface area contributed by atoms with Gasteiger partial charge in [0.2, 0.25) is 11.7 Å². The molecule has 14 heteroatoms. The number of nitrogens with one attached hydrogen (secondary N) is 1. The highest BCUT2D eigenvalue weighted by Crippen LogP contribution is 2.31. The highest BCUT2D eigenvalue weighted by molar-refractivity contribution is 6.38. The Morgan fingerprint density at radius 3 is 2.47 bits per heavy atom. The van der Waals surface area contributed by atoms with Crippen LogP contribution >= 0.6 is 0 Å². The van der Waals surface area contributed by atoms with E-state index in [9.17, 15) is 24.0 Å². The molecular weight excluding hydrogens is 638 g/mol. The van der Waals surface area contributed by atoms with E-state index in [-0.39, 0.29) is 44.7 Å². The highest BCUT2D eigenvalue weighted by atomic mass is 16.5. The zero-order valence-electron chi connectivity index (χ0n) is 28.3. The molecule has 1 aliphatic heterocycles. The van der Waals surface area contributed by atoms with Gasteiger partial charge in [0.05, 0.1) is 25.3 Å². The van der Waals surface area contributed by atoms with Crippen LogP contribution in [0.15, 0.2) is 49.1 Å². The van der Waals surface area contributed by atoms with E-state index in [0.29, 0.717) is 36.5 Å². The molecule has 0 bridgehead atoms. The second-order valence-corrected chi connectivity index (χ2v) is 12.2. The predicted octanol–water partition coefficient (Wildman–Crippen LogP) is 3.05. The summed E-state index contributed by atoms with van der Waals surface area (Å²) in [5.41, 5.74) is -0.179. The summed E-state index contributed by atoms with van der Waals surface area (Å²) in [5, 5.41) is 20.8. The van der Waals surface area contributed by atoms with Gasteiger partial charge in [0.25, 0.3) is 5.91 Å². The average molecular weight is 684 g/mol. The molecule has 49 heavy (non-hydrogen) atoms. The van der Waals surface area contributed by atoms with E-state index < -0.39 is 53.4 Å².